The molecule has 0 unspecified atom stereocenters. The molecule has 0 spiro atoms. The highest BCUT2D eigenvalue weighted by Gasteiger charge is 2.21. The molecule has 0 radical (unpaired) electrons. The van der Waals surface area contributed by atoms with Crippen LogP contribution in [0.1, 0.15) is 19.8 Å². The maximum atomic E-state index is 5.90. The molecule has 1 saturated heterocycles. The number of unbranched alkanes of at least 4 members (excludes halogenated alkanes) is 1. The molecule has 2 heterocycles. The van der Waals surface area contributed by atoms with Gasteiger partial charge < -0.3 is 16.0 Å². The van der Waals surface area contributed by atoms with Gasteiger partial charge in [0.15, 0.2) is 5.16 Å². The second-order valence-electron chi connectivity index (χ2n) is 5.94. The number of nitrogens with zero attached hydrogens (tertiary/aromatic N) is 4. The van der Waals surface area contributed by atoms with Gasteiger partial charge in [0.25, 0.3) is 0 Å². The lowest BCUT2D eigenvalue weighted by Gasteiger charge is -2.37. The number of thioether (sulfide) groups is 1. The highest BCUT2D eigenvalue weighted by atomic mass is 32.2. The van der Waals surface area contributed by atoms with Gasteiger partial charge in [0.05, 0.1) is 0 Å². The minimum Gasteiger partial charge on any atom is -0.383 e. The van der Waals surface area contributed by atoms with E-state index in [0.717, 1.165) is 42.9 Å². The van der Waals surface area contributed by atoms with E-state index in [9.17, 15) is 0 Å². The van der Waals surface area contributed by atoms with Crippen LogP contribution in [-0.2, 0) is 0 Å². The van der Waals surface area contributed by atoms with Crippen molar-refractivity contribution in [3.63, 3.8) is 0 Å². The summed E-state index contributed by atoms with van der Waals surface area (Å²) in [7, 11) is 4.35. The Bertz CT molecular complexity index is 469. The fourth-order valence-electron chi connectivity index (χ4n) is 2.45. The Morgan fingerprint density at radius 1 is 1.36 bits per heavy atom. The van der Waals surface area contributed by atoms with Gasteiger partial charge in [0, 0.05) is 44.0 Å². The summed E-state index contributed by atoms with van der Waals surface area (Å²) in [6, 6.07) is 2.31. The molecular formula is C15H28N6S. The van der Waals surface area contributed by atoms with Gasteiger partial charge in [-0.2, -0.15) is 0 Å². The number of nitrogens with two attached hydrogens (primary N) is 1. The van der Waals surface area contributed by atoms with E-state index in [4.69, 9.17) is 5.73 Å². The van der Waals surface area contributed by atoms with Crippen molar-refractivity contribution in [2.24, 2.45) is 0 Å². The number of likely N-dealkylation sites (N-methyl/N-ethyl adjacent to an activating group) is 2. The molecule has 0 bridgehead atoms. The highest BCUT2D eigenvalue weighted by molar-refractivity contribution is 7.99. The van der Waals surface area contributed by atoms with Crippen molar-refractivity contribution in [3.05, 3.63) is 6.07 Å². The third-order valence-electron chi connectivity index (χ3n) is 3.95. The van der Waals surface area contributed by atoms with Crippen molar-refractivity contribution >= 4 is 23.4 Å². The molecule has 7 heteroatoms. The molecule has 2 rings (SSSR count). The molecule has 124 valence electrons. The molecule has 0 saturated carbocycles. The number of aromatic nitrogens is 2. The highest BCUT2D eigenvalue weighted by Crippen LogP contribution is 2.19. The predicted molar refractivity (Wildman–Crippen MR) is 94.5 cm³/mol. The molecule has 1 atom stereocenters. The molecule has 22 heavy (non-hydrogen) atoms. The summed E-state index contributed by atoms with van der Waals surface area (Å²) in [5, 5.41) is 4.19. The summed E-state index contributed by atoms with van der Waals surface area (Å²) in [4.78, 5) is 13.6. The van der Waals surface area contributed by atoms with E-state index >= 15 is 0 Å². The summed E-state index contributed by atoms with van der Waals surface area (Å²) in [6.45, 7) is 6.36. The Morgan fingerprint density at radius 2 is 2.18 bits per heavy atom. The van der Waals surface area contributed by atoms with Crippen molar-refractivity contribution in [1.82, 2.24) is 19.8 Å². The molecule has 1 aliphatic rings. The Kier molecular flexibility index (Phi) is 6.72. The van der Waals surface area contributed by atoms with Gasteiger partial charge in [-0.1, -0.05) is 25.1 Å². The number of anilines is 2. The summed E-state index contributed by atoms with van der Waals surface area (Å²) in [5.74, 6) is 2.40. The van der Waals surface area contributed by atoms with Gasteiger partial charge in [0.2, 0.25) is 0 Å². The molecule has 6 nitrogen and oxygen atoms in total. The first-order valence-electron chi connectivity index (χ1n) is 7.98. The van der Waals surface area contributed by atoms with Gasteiger partial charge in [-0.3, -0.25) is 4.90 Å². The van der Waals surface area contributed by atoms with Gasteiger partial charge in [-0.15, -0.1) is 0 Å². The summed E-state index contributed by atoms with van der Waals surface area (Å²) >= 11 is 1.67. The first-order valence-corrected chi connectivity index (χ1v) is 8.97. The Morgan fingerprint density at radius 3 is 2.95 bits per heavy atom. The minimum absolute atomic E-state index is 0.492. The van der Waals surface area contributed by atoms with Crippen LogP contribution in [-0.4, -0.2) is 71.8 Å². The Balaban J connectivity index is 1.91. The number of hydrogen-bond donors (Lipinski definition) is 2. The van der Waals surface area contributed by atoms with Crippen LogP contribution in [0.15, 0.2) is 11.2 Å². The molecule has 1 aromatic rings. The average molecular weight is 324 g/mol. The van der Waals surface area contributed by atoms with Crippen LogP contribution < -0.4 is 11.1 Å². The fraction of sp³-hybridized carbons (Fsp3) is 0.733. The van der Waals surface area contributed by atoms with Crippen LogP contribution in [0.5, 0.6) is 0 Å². The monoisotopic (exact) mass is 324 g/mol. The topological polar surface area (TPSA) is 70.3 Å². The number of hydrogen-bond acceptors (Lipinski definition) is 7. The maximum absolute atomic E-state index is 5.90. The van der Waals surface area contributed by atoms with Crippen molar-refractivity contribution in [1.29, 1.82) is 0 Å². The Hall–Kier alpha value is -1.05. The van der Waals surface area contributed by atoms with Crippen LogP contribution >= 0.6 is 11.8 Å². The lowest BCUT2D eigenvalue weighted by Crippen LogP contribution is -2.52. The lowest BCUT2D eigenvalue weighted by atomic mass is 10.2. The van der Waals surface area contributed by atoms with Crippen molar-refractivity contribution in [3.8, 4) is 0 Å². The van der Waals surface area contributed by atoms with E-state index in [1.807, 2.05) is 6.07 Å². The molecule has 1 aliphatic heterocycles. The third kappa shape index (κ3) is 5.30. The zero-order chi connectivity index (χ0) is 15.9. The molecule has 3 N–H and O–H groups in total. The summed E-state index contributed by atoms with van der Waals surface area (Å²) < 4.78 is 0. The second-order valence-corrected chi connectivity index (χ2v) is 7.00. The molecular weight excluding hydrogens is 296 g/mol. The van der Waals surface area contributed by atoms with Crippen LogP contribution in [0.25, 0.3) is 0 Å². The van der Waals surface area contributed by atoms with Crippen molar-refractivity contribution in [2.45, 2.75) is 31.0 Å². The number of nitrogen functional groups attached to an aromatic ring is 1. The predicted octanol–water partition coefficient (Wildman–Crippen LogP) is 1.61. The van der Waals surface area contributed by atoms with Gasteiger partial charge in [-0.25, -0.2) is 9.97 Å². The number of rotatable bonds is 7. The van der Waals surface area contributed by atoms with Gasteiger partial charge in [0.1, 0.15) is 11.6 Å². The van der Waals surface area contributed by atoms with E-state index < -0.39 is 0 Å². The maximum Gasteiger partial charge on any atom is 0.191 e. The van der Waals surface area contributed by atoms with Crippen molar-refractivity contribution < 1.29 is 0 Å². The zero-order valence-corrected chi connectivity index (χ0v) is 14.7. The summed E-state index contributed by atoms with van der Waals surface area (Å²) in [5.41, 5.74) is 5.90. The van der Waals surface area contributed by atoms with Crippen LogP contribution in [0.2, 0.25) is 0 Å². The lowest BCUT2D eigenvalue weighted by molar-refractivity contribution is 0.122. The van der Waals surface area contributed by atoms with E-state index in [1.54, 1.807) is 11.8 Å². The van der Waals surface area contributed by atoms with Crippen LogP contribution in [0, 0.1) is 0 Å². The summed E-state index contributed by atoms with van der Waals surface area (Å²) in [6.07, 6.45) is 2.35. The average Bonchev–Trinajstić information content (AvgIpc) is 2.48. The molecule has 0 aromatic carbocycles. The smallest absolute Gasteiger partial charge is 0.191 e. The number of piperazine rings is 1. The van der Waals surface area contributed by atoms with Gasteiger partial charge >= 0.3 is 0 Å². The SMILES string of the molecule is CCCCSc1nc(N)cc(NC[C@H]2CN(C)CCN2C)n1. The molecule has 1 aromatic heterocycles. The Labute approximate surface area is 137 Å². The zero-order valence-electron chi connectivity index (χ0n) is 13.9. The largest absolute Gasteiger partial charge is 0.383 e. The molecule has 0 amide bonds. The third-order valence-corrected chi connectivity index (χ3v) is 4.89. The second kappa shape index (κ2) is 8.55. The first-order chi connectivity index (χ1) is 10.6. The van der Waals surface area contributed by atoms with E-state index in [2.05, 4.69) is 46.1 Å². The first kappa shape index (κ1) is 17.3. The van der Waals surface area contributed by atoms with Crippen LogP contribution in [0.3, 0.4) is 0 Å². The fourth-order valence-corrected chi connectivity index (χ4v) is 3.40. The minimum atomic E-state index is 0.492. The van der Waals surface area contributed by atoms with Gasteiger partial charge in [-0.05, 0) is 20.5 Å². The van der Waals surface area contributed by atoms with E-state index in [-0.39, 0.29) is 0 Å². The standard InChI is InChI=1S/C15H28N6S/c1-4-5-8-22-15-18-13(16)9-14(19-15)17-10-12-11-20(2)6-7-21(12)3/h9,12H,4-8,10-11H2,1-3H3,(H3,16,17,18,19)/t12-/m0/s1. The number of nitrogens with one attached hydrogen (secondary N) is 1. The van der Waals surface area contributed by atoms with E-state index in [1.165, 1.54) is 12.8 Å². The molecule has 1 fully saturated rings. The molecule has 0 aliphatic carbocycles. The van der Waals surface area contributed by atoms with Crippen LogP contribution in [0.4, 0.5) is 11.6 Å². The van der Waals surface area contributed by atoms with E-state index in [0.29, 0.717) is 11.9 Å². The van der Waals surface area contributed by atoms with Crippen molar-refractivity contribution in [2.75, 3.05) is 57.1 Å². The normalized spacial score (nSPS) is 20.2. The quantitative estimate of drug-likeness (QED) is 0.448.